The molecule has 3 N–H and O–H groups in total. The third-order valence-corrected chi connectivity index (χ3v) is 6.14. The second-order valence-electron chi connectivity index (χ2n) is 8.17. The number of aromatic nitrogens is 3. The van der Waals surface area contributed by atoms with E-state index in [-0.39, 0.29) is 17.1 Å². The van der Waals surface area contributed by atoms with Gasteiger partial charge in [-0.3, -0.25) is 4.79 Å². The van der Waals surface area contributed by atoms with Gasteiger partial charge in [0.25, 0.3) is 5.56 Å². The fourth-order valence-corrected chi connectivity index (χ4v) is 4.31. The normalized spacial score (nSPS) is 14.7. The molecule has 1 aliphatic heterocycles. The van der Waals surface area contributed by atoms with Gasteiger partial charge in [-0.1, -0.05) is 30.3 Å². The van der Waals surface area contributed by atoms with E-state index in [1.807, 2.05) is 37.3 Å². The van der Waals surface area contributed by atoms with E-state index in [2.05, 4.69) is 15.0 Å². The maximum atomic E-state index is 14.7. The summed E-state index contributed by atoms with van der Waals surface area (Å²) in [4.78, 5) is 23.3. The van der Waals surface area contributed by atoms with Crippen molar-refractivity contribution in [3.05, 3.63) is 76.1 Å². The van der Waals surface area contributed by atoms with Gasteiger partial charge in [-0.25, -0.2) is 4.98 Å². The quantitative estimate of drug-likeness (QED) is 0.496. The van der Waals surface area contributed by atoms with Crippen molar-refractivity contribution in [2.75, 3.05) is 18.9 Å². The molecule has 0 amide bonds. The van der Waals surface area contributed by atoms with Gasteiger partial charge < -0.3 is 15.5 Å². The zero-order valence-corrected chi connectivity index (χ0v) is 17.7. The Bertz CT molecular complexity index is 1360. The molecule has 0 spiro atoms. The highest BCUT2D eigenvalue weighted by atomic mass is 19.1. The van der Waals surface area contributed by atoms with Crippen LogP contribution in [0, 0.1) is 12.9 Å². The first-order chi connectivity index (χ1) is 15.5. The number of aromatic amines is 1. The Morgan fingerprint density at radius 3 is 2.47 bits per heavy atom. The first-order valence-corrected chi connectivity index (χ1v) is 10.6. The van der Waals surface area contributed by atoms with Gasteiger partial charge in [0, 0.05) is 35.9 Å². The predicted octanol–water partition coefficient (Wildman–Crippen LogP) is 4.58. The number of aryl methyl sites for hydroxylation is 1. The second-order valence-corrected chi connectivity index (χ2v) is 8.17. The fraction of sp³-hybridized carbons (Fsp3) is 0.240. The third-order valence-electron chi connectivity index (χ3n) is 6.14. The number of nitrogens with zero attached hydrogens (tertiary/aromatic N) is 2. The number of H-pyrrole nitrogens is 1. The number of rotatable bonds is 3. The molecule has 4 aromatic rings. The summed E-state index contributed by atoms with van der Waals surface area (Å²) in [5.41, 5.74) is 9.86. The summed E-state index contributed by atoms with van der Waals surface area (Å²) in [7, 11) is 0. The van der Waals surface area contributed by atoms with Gasteiger partial charge in [0.15, 0.2) is 5.82 Å². The Morgan fingerprint density at radius 2 is 1.72 bits per heavy atom. The lowest BCUT2D eigenvalue weighted by Crippen LogP contribution is -2.13. The molecule has 7 heteroatoms. The molecule has 0 saturated carbocycles. The summed E-state index contributed by atoms with van der Waals surface area (Å²) in [5.74, 6) is -0.245. The number of nitrogen functional groups attached to an aromatic ring is 1. The number of fused-ring (bicyclic) bond motifs is 1. The minimum absolute atomic E-state index is 0.00641. The first kappa shape index (κ1) is 20.3. The van der Waals surface area contributed by atoms with E-state index in [1.165, 1.54) is 5.56 Å². The third kappa shape index (κ3) is 3.65. The van der Waals surface area contributed by atoms with Crippen LogP contribution in [0.15, 0.2) is 53.5 Å². The van der Waals surface area contributed by atoms with Crippen molar-refractivity contribution in [2.24, 2.45) is 0 Å². The number of nitrogens with one attached hydrogen (secondary N) is 1. The van der Waals surface area contributed by atoms with Crippen LogP contribution < -0.4 is 11.3 Å². The molecule has 6 nitrogen and oxygen atoms in total. The van der Waals surface area contributed by atoms with Gasteiger partial charge in [-0.05, 0) is 54.3 Å². The van der Waals surface area contributed by atoms with Gasteiger partial charge in [0.2, 0.25) is 5.95 Å². The Hall–Kier alpha value is -3.58. The molecular formula is C25H23FN4O2. The van der Waals surface area contributed by atoms with Gasteiger partial charge in [-0.2, -0.15) is 9.37 Å². The molecule has 0 unspecified atom stereocenters. The molecule has 1 aliphatic rings. The summed E-state index contributed by atoms with van der Waals surface area (Å²) in [6.45, 7) is 3.45. The number of hydrogen-bond donors (Lipinski definition) is 2. The molecule has 0 bridgehead atoms. The zero-order valence-electron chi connectivity index (χ0n) is 17.7. The van der Waals surface area contributed by atoms with Gasteiger partial charge in [0.05, 0.1) is 0 Å². The summed E-state index contributed by atoms with van der Waals surface area (Å²) < 4.78 is 20.2. The monoisotopic (exact) mass is 430 g/mol. The lowest BCUT2D eigenvalue weighted by molar-refractivity contribution is 0.0853. The molecule has 162 valence electrons. The van der Waals surface area contributed by atoms with Gasteiger partial charge in [-0.15, -0.1) is 0 Å². The average molecular weight is 430 g/mol. The smallest absolute Gasteiger partial charge is 0.255 e. The molecule has 2 aromatic carbocycles. The fourth-order valence-electron chi connectivity index (χ4n) is 4.31. The van der Waals surface area contributed by atoms with Crippen LogP contribution in [0.5, 0.6) is 0 Å². The first-order valence-electron chi connectivity index (χ1n) is 10.6. The Balaban J connectivity index is 1.56. The van der Waals surface area contributed by atoms with E-state index in [0.717, 1.165) is 37.0 Å². The molecule has 1 fully saturated rings. The Labute approximate surface area is 184 Å². The van der Waals surface area contributed by atoms with Crippen LogP contribution in [-0.2, 0) is 4.74 Å². The summed E-state index contributed by atoms with van der Waals surface area (Å²) in [6, 6.07) is 13.1. The van der Waals surface area contributed by atoms with Crippen molar-refractivity contribution < 1.29 is 9.13 Å². The van der Waals surface area contributed by atoms with E-state index in [1.54, 1.807) is 18.3 Å². The van der Waals surface area contributed by atoms with E-state index in [4.69, 9.17) is 10.5 Å². The van der Waals surface area contributed by atoms with Crippen LogP contribution in [-0.4, -0.2) is 28.2 Å². The van der Waals surface area contributed by atoms with Crippen molar-refractivity contribution in [2.45, 2.75) is 25.7 Å². The highest BCUT2D eigenvalue weighted by Gasteiger charge is 2.18. The highest BCUT2D eigenvalue weighted by Crippen LogP contribution is 2.32. The van der Waals surface area contributed by atoms with Crippen LogP contribution in [0.3, 0.4) is 0 Å². The molecule has 2 aromatic heterocycles. The van der Waals surface area contributed by atoms with Crippen LogP contribution in [0.2, 0.25) is 0 Å². The number of pyridine rings is 1. The topological polar surface area (TPSA) is 93.9 Å². The molecule has 5 rings (SSSR count). The minimum Gasteiger partial charge on any atom is -0.382 e. The molecule has 0 atom stereocenters. The molecule has 3 heterocycles. The Kier molecular flexibility index (Phi) is 5.19. The number of anilines is 1. The van der Waals surface area contributed by atoms with E-state index < -0.39 is 5.95 Å². The average Bonchev–Trinajstić information content (AvgIpc) is 2.82. The van der Waals surface area contributed by atoms with Crippen molar-refractivity contribution in [1.82, 2.24) is 15.0 Å². The van der Waals surface area contributed by atoms with E-state index in [0.29, 0.717) is 28.1 Å². The minimum atomic E-state index is -0.710. The summed E-state index contributed by atoms with van der Waals surface area (Å²) >= 11 is 0. The molecule has 0 radical (unpaired) electrons. The molecule has 0 aliphatic carbocycles. The lowest BCUT2D eigenvalue weighted by atomic mass is 9.91. The maximum absolute atomic E-state index is 14.7. The Morgan fingerprint density at radius 1 is 1.00 bits per heavy atom. The number of hydrogen-bond acceptors (Lipinski definition) is 5. The van der Waals surface area contributed by atoms with Crippen LogP contribution in [0.4, 0.5) is 10.2 Å². The van der Waals surface area contributed by atoms with Gasteiger partial charge in [0.1, 0.15) is 11.4 Å². The van der Waals surface area contributed by atoms with Crippen molar-refractivity contribution in [3.63, 3.8) is 0 Å². The van der Waals surface area contributed by atoms with E-state index >= 15 is 0 Å². The predicted molar refractivity (Wildman–Crippen MR) is 123 cm³/mol. The summed E-state index contributed by atoms with van der Waals surface area (Å²) in [5, 5.41) is 1.37. The molecular weight excluding hydrogens is 407 g/mol. The number of nitrogens with two attached hydrogens (primary N) is 1. The molecule has 1 saturated heterocycles. The molecule has 32 heavy (non-hydrogen) atoms. The number of ether oxygens (including phenoxy) is 1. The van der Waals surface area contributed by atoms with Crippen LogP contribution in [0.25, 0.3) is 33.3 Å². The number of benzene rings is 2. The van der Waals surface area contributed by atoms with E-state index in [9.17, 15) is 9.18 Å². The highest BCUT2D eigenvalue weighted by molar-refractivity contribution is 5.89. The van der Waals surface area contributed by atoms with Crippen molar-refractivity contribution in [3.8, 4) is 22.5 Å². The van der Waals surface area contributed by atoms with Crippen molar-refractivity contribution >= 4 is 16.6 Å². The lowest BCUT2D eigenvalue weighted by Gasteiger charge is -2.22. The standard InChI is InChI=1S/C25H23FN4O2/c1-14-13-28-25(31)19-7-6-18(12-20(14)19)22-24(27)30-23(26)21(29-22)17-4-2-15(3-5-17)16-8-10-32-11-9-16/h2-7,12-13,16H,8-11H2,1H3,(H2,27,30)(H,28,31). The van der Waals surface area contributed by atoms with Crippen LogP contribution >= 0.6 is 0 Å². The SMILES string of the molecule is Cc1c[nH]c(=O)c2ccc(-c3nc(-c4ccc(C5CCOCC5)cc4)c(F)nc3N)cc12. The van der Waals surface area contributed by atoms with Crippen molar-refractivity contribution in [1.29, 1.82) is 0 Å². The van der Waals surface area contributed by atoms with Gasteiger partial charge >= 0.3 is 0 Å². The zero-order chi connectivity index (χ0) is 22.2. The largest absolute Gasteiger partial charge is 0.382 e. The summed E-state index contributed by atoms with van der Waals surface area (Å²) in [6.07, 6.45) is 3.65. The second kappa shape index (κ2) is 8.16. The van der Waals surface area contributed by atoms with Crippen LogP contribution in [0.1, 0.15) is 29.9 Å². The maximum Gasteiger partial charge on any atom is 0.255 e. The number of halogens is 1.